The number of hydrogen-bond acceptors (Lipinski definition) is 10. The van der Waals surface area contributed by atoms with Gasteiger partial charge in [0, 0.05) is 43.4 Å². The zero-order valence-corrected chi connectivity index (χ0v) is 24.5. The standard InChI is InChI=1S/2C5H9N3.3C5H8N2.5CH4/c1-4-6-7-5(2)8(4)3;1-4-6-5(2)8(3)7-4;2*1-4-3-6-5(2)7-4;1-4-3-5(2)7-6-4;;;;;/h2*1-3H3;3*3H2,1-2H3;5*1H4. The molecule has 0 saturated carbocycles. The van der Waals surface area contributed by atoms with Crippen LogP contribution in [-0.2, 0) is 14.1 Å². The van der Waals surface area contributed by atoms with E-state index in [1.165, 1.54) is 0 Å². The molecule has 2 aromatic heterocycles. The van der Waals surface area contributed by atoms with E-state index in [9.17, 15) is 0 Å². The van der Waals surface area contributed by atoms with Gasteiger partial charge in [-0.3, -0.25) is 14.7 Å². The number of hydrogen-bond donors (Lipinski definition) is 0. The SMILES string of the molecule is C.C.C.C.C.CC1=NC(C)=NC1.CC1=NC(C)=NC1.CC1=NN=C(C)C1.Cc1nc(C)n(C)n1.Cc1nnc(C)n1C. The first-order chi connectivity index (χ1) is 17.3. The first-order valence-corrected chi connectivity index (χ1v) is 12.1. The quantitative estimate of drug-likeness (QED) is 0.325. The first kappa shape index (κ1) is 48.1. The normalized spacial score (nSPS) is 13.3. The van der Waals surface area contributed by atoms with Crippen LogP contribution >= 0.6 is 0 Å². The van der Waals surface area contributed by atoms with Crippen molar-refractivity contribution in [2.24, 2.45) is 44.3 Å². The van der Waals surface area contributed by atoms with Crippen LogP contribution in [-0.4, -0.2) is 77.1 Å². The van der Waals surface area contributed by atoms with Gasteiger partial charge in [-0.15, -0.1) is 10.2 Å². The number of amidine groups is 2. The minimum Gasteiger partial charge on any atom is -0.319 e. The Morgan fingerprint density at radius 2 is 0.905 bits per heavy atom. The lowest BCUT2D eigenvalue weighted by molar-refractivity contribution is 0.728. The Kier molecular flexibility index (Phi) is 27.4. The topological polar surface area (TPSA) is 136 Å². The van der Waals surface area contributed by atoms with Crippen molar-refractivity contribution >= 4 is 34.5 Å². The van der Waals surface area contributed by atoms with Crippen molar-refractivity contribution in [3.63, 3.8) is 0 Å². The van der Waals surface area contributed by atoms with E-state index in [1.54, 1.807) is 4.68 Å². The van der Waals surface area contributed by atoms with Gasteiger partial charge in [0.15, 0.2) is 0 Å². The van der Waals surface area contributed by atoms with Crippen molar-refractivity contribution in [3.8, 4) is 0 Å². The lowest BCUT2D eigenvalue weighted by Gasteiger charge is -1.90. The van der Waals surface area contributed by atoms with Crippen LogP contribution < -0.4 is 0 Å². The third kappa shape index (κ3) is 19.4. The van der Waals surface area contributed by atoms with Gasteiger partial charge in [0.1, 0.15) is 35.0 Å². The van der Waals surface area contributed by atoms with E-state index in [2.05, 4.69) is 50.5 Å². The van der Waals surface area contributed by atoms with Gasteiger partial charge in [0.25, 0.3) is 0 Å². The van der Waals surface area contributed by atoms with Gasteiger partial charge in [-0.1, -0.05) is 37.1 Å². The maximum Gasteiger partial charge on any atom is 0.147 e. The van der Waals surface area contributed by atoms with Gasteiger partial charge in [-0.25, -0.2) is 15.0 Å². The second-order valence-electron chi connectivity index (χ2n) is 8.95. The Morgan fingerprint density at radius 1 is 0.524 bits per heavy atom. The summed E-state index contributed by atoms with van der Waals surface area (Å²) in [6, 6.07) is 0. The molecule has 0 aliphatic carbocycles. The zero-order valence-electron chi connectivity index (χ0n) is 24.5. The van der Waals surface area contributed by atoms with Crippen LogP contribution in [0.1, 0.15) is 108 Å². The van der Waals surface area contributed by atoms with E-state index >= 15 is 0 Å². The van der Waals surface area contributed by atoms with E-state index in [0.717, 1.165) is 77.3 Å². The highest BCUT2D eigenvalue weighted by Gasteiger charge is 2.00. The molecule has 0 bridgehead atoms. The highest BCUT2D eigenvalue weighted by Crippen LogP contribution is 1.99. The second kappa shape index (κ2) is 24.0. The van der Waals surface area contributed by atoms with Gasteiger partial charge >= 0.3 is 0 Å². The fourth-order valence-electron chi connectivity index (χ4n) is 2.89. The molecule has 3 aliphatic heterocycles. The van der Waals surface area contributed by atoms with E-state index in [0.29, 0.717) is 0 Å². The van der Waals surface area contributed by atoms with Gasteiger partial charge in [0.05, 0.1) is 13.1 Å². The summed E-state index contributed by atoms with van der Waals surface area (Å²) in [5.41, 5.74) is 4.49. The minimum absolute atomic E-state index is 0. The van der Waals surface area contributed by atoms with Crippen LogP contribution in [0.25, 0.3) is 0 Å². The molecule has 42 heavy (non-hydrogen) atoms. The summed E-state index contributed by atoms with van der Waals surface area (Å²) in [5, 5.41) is 19.3. The molecule has 0 amide bonds. The minimum atomic E-state index is 0. The molecule has 12 heteroatoms. The average Bonchev–Trinajstić information content (AvgIpc) is 3.62. The number of aromatic nitrogens is 6. The van der Waals surface area contributed by atoms with Crippen LogP contribution in [0.5, 0.6) is 0 Å². The third-order valence-electron chi connectivity index (χ3n) is 5.08. The molecule has 242 valence electrons. The largest absolute Gasteiger partial charge is 0.319 e. The van der Waals surface area contributed by atoms with Crippen molar-refractivity contribution in [2.45, 2.75) is 113 Å². The summed E-state index contributed by atoms with van der Waals surface area (Å²) >= 11 is 0. The Morgan fingerprint density at radius 3 is 1.00 bits per heavy atom. The van der Waals surface area contributed by atoms with E-state index in [-0.39, 0.29) is 37.1 Å². The monoisotopic (exact) mass is 591 g/mol. The molecule has 2 aromatic rings. The molecule has 5 rings (SSSR count). The van der Waals surface area contributed by atoms with Crippen LogP contribution in [0.15, 0.2) is 30.2 Å². The molecule has 12 nitrogen and oxygen atoms in total. The van der Waals surface area contributed by atoms with Crippen LogP contribution in [0, 0.1) is 27.7 Å². The molecular formula is C30H62N12. The molecule has 0 fully saturated rings. The van der Waals surface area contributed by atoms with Crippen LogP contribution in [0.3, 0.4) is 0 Å². The first-order valence-electron chi connectivity index (χ1n) is 12.1. The van der Waals surface area contributed by atoms with Crippen molar-refractivity contribution in [1.82, 2.24) is 29.5 Å². The maximum absolute atomic E-state index is 4.06. The molecule has 0 saturated heterocycles. The number of aliphatic imine (C=N–C) groups is 4. The number of nitrogens with zero attached hydrogens (tertiary/aromatic N) is 12. The van der Waals surface area contributed by atoms with Crippen LogP contribution in [0.2, 0.25) is 0 Å². The number of rotatable bonds is 0. The Bertz CT molecular complexity index is 1130. The van der Waals surface area contributed by atoms with Gasteiger partial charge in [-0.05, 0) is 69.2 Å². The van der Waals surface area contributed by atoms with Crippen molar-refractivity contribution in [1.29, 1.82) is 0 Å². The molecule has 0 unspecified atom stereocenters. The van der Waals surface area contributed by atoms with Gasteiger partial charge < -0.3 is 4.57 Å². The predicted molar refractivity (Wildman–Crippen MR) is 188 cm³/mol. The van der Waals surface area contributed by atoms with Crippen molar-refractivity contribution in [3.05, 3.63) is 23.3 Å². The Hall–Kier alpha value is -3.70. The Balaban J connectivity index is -0.000000132. The molecule has 0 N–H and O–H groups in total. The van der Waals surface area contributed by atoms with E-state index < -0.39 is 0 Å². The second-order valence-corrected chi connectivity index (χ2v) is 8.95. The Labute approximate surface area is 257 Å². The fourth-order valence-corrected chi connectivity index (χ4v) is 2.89. The molecule has 3 aliphatic rings. The lowest BCUT2D eigenvalue weighted by Crippen LogP contribution is -1.92. The molecular weight excluding hydrogens is 528 g/mol. The summed E-state index contributed by atoms with van der Waals surface area (Å²) in [7, 11) is 3.83. The summed E-state index contributed by atoms with van der Waals surface area (Å²) < 4.78 is 3.70. The van der Waals surface area contributed by atoms with E-state index in [4.69, 9.17) is 0 Å². The highest BCUT2D eigenvalue weighted by molar-refractivity contribution is 6.05. The maximum atomic E-state index is 4.06. The van der Waals surface area contributed by atoms with Gasteiger partial charge in [-0.2, -0.15) is 15.3 Å². The predicted octanol–water partition coefficient (Wildman–Crippen LogP) is 7.03. The van der Waals surface area contributed by atoms with Crippen molar-refractivity contribution in [2.75, 3.05) is 13.1 Å². The molecule has 5 heterocycles. The smallest absolute Gasteiger partial charge is 0.147 e. The lowest BCUT2D eigenvalue weighted by atomic mass is 10.2. The molecule has 0 atom stereocenters. The number of aryl methyl sites for hydroxylation is 5. The van der Waals surface area contributed by atoms with Crippen molar-refractivity contribution < 1.29 is 0 Å². The summed E-state index contributed by atoms with van der Waals surface area (Å²) in [4.78, 5) is 20.2. The van der Waals surface area contributed by atoms with E-state index in [1.807, 2.05) is 87.9 Å². The highest BCUT2D eigenvalue weighted by atomic mass is 15.3. The average molecular weight is 591 g/mol. The molecule has 0 radical (unpaired) electrons. The summed E-state index contributed by atoms with van der Waals surface area (Å²) in [5.74, 6) is 5.55. The van der Waals surface area contributed by atoms with Gasteiger partial charge in [0.2, 0.25) is 0 Å². The molecule has 0 aromatic carbocycles. The fraction of sp³-hybridized carbons (Fsp3) is 0.667. The molecule has 0 spiro atoms. The third-order valence-corrected chi connectivity index (χ3v) is 5.08. The zero-order chi connectivity index (χ0) is 28.1. The summed E-state index contributed by atoms with van der Waals surface area (Å²) in [6.45, 7) is 21.1. The van der Waals surface area contributed by atoms with Crippen LogP contribution in [0.4, 0.5) is 0 Å². The summed E-state index contributed by atoms with van der Waals surface area (Å²) in [6.07, 6.45) is 0.972.